The summed E-state index contributed by atoms with van der Waals surface area (Å²) in [5, 5.41) is 13.1. The van der Waals surface area contributed by atoms with E-state index in [4.69, 9.17) is 5.11 Å². The molecule has 2 rings (SSSR count). The van der Waals surface area contributed by atoms with Crippen LogP contribution in [0.1, 0.15) is 22.5 Å². The molecule has 2 aromatic rings. The lowest BCUT2D eigenvalue weighted by Gasteiger charge is -2.00. The largest absolute Gasteiger partial charge is 0.478 e. The van der Waals surface area contributed by atoms with Gasteiger partial charge < -0.3 is 5.11 Å². The van der Waals surface area contributed by atoms with Crippen LogP contribution in [-0.2, 0) is 11.3 Å². The number of hydrogen-bond donors (Lipinski definition) is 1. The fourth-order valence-electron chi connectivity index (χ4n) is 2.14. The van der Waals surface area contributed by atoms with Crippen LogP contribution in [0.2, 0.25) is 0 Å². The molecule has 0 aliphatic rings. The summed E-state index contributed by atoms with van der Waals surface area (Å²) in [4.78, 5) is 10.6. The average Bonchev–Trinajstić information content (AvgIpc) is 2.72. The van der Waals surface area contributed by atoms with E-state index in [0.29, 0.717) is 6.54 Å². The van der Waals surface area contributed by atoms with E-state index >= 15 is 0 Å². The molecule has 108 valence electrons. The number of carbonyl (C=O) groups is 1. The van der Waals surface area contributed by atoms with Gasteiger partial charge in [0.2, 0.25) is 0 Å². The minimum atomic E-state index is -0.953. The Morgan fingerprint density at radius 1 is 1.24 bits per heavy atom. The Balaban J connectivity index is 2.13. The van der Waals surface area contributed by atoms with Gasteiger partial charge in [0.25, 0.3) is 0 Å². The molecule has 0 amide bonds. The van der Waals surface area contributed by atoms with Gasteiger partial charge in [-0.2, -0.15) is 5.10 Å². The lowest BCUT2D eigenvalue weighted by molar-refractivity contribution is -0.131. The molecule has 0 fully saturated rings. The Morgan fingerprint density at radius 3 is 2.62 bits per heavy atom. The molecule has 0 saturated heterocycles. The molecule has 1 N–H and O–H groups in total. The topological polar surface area (TPSA) is 55.1 Å². The summed E-state index contributed by atoms with van der Waals surface area (Å²) in [7, 11) is 0. The number of aromatic nitrogens is 2. The lowest BCUT2D eigenvalue weighted by atomic mass is 10.2. The molecule has 21 heavy (non-hydrogen) atoms. The Hall–Kier alpha value is -2.62. The van der Waals surface area contributed by atoms with E-state index in [1.165, 1.54) is 0 Å². The fraction of sp³-hybridized carbons (Fsp3) is 0.176. The van der Waals surface area contributed by atoms with Gasteiger partial charge >= 0.3 is 5.97 Å². The van der Waals surface area contributed by atoms with Crippen LogP contribution >= 0.6 is 0 Å². The standard InChI is InChI=1S/C17H18N2O2/c1-13-16(10-11-17(20)21)14(2)19(18-13)12-6-9-15-7-4-3-5-8-15/h3-11H,12H2,1-2H3,(H,20,21)/b9-6+,11-10+. The number of carboxylic acid groups (broad SMARTS) is 1. The van der Waals surface area contributed by atoms with E-state index in [2.05, 4.69) is 5.10 Å². The van der Waals surface area contributed by atoms with Crippen LogP contribution in [0.15, 0.2) is 42.5 Å². The summed E-state index contributed by atoms with van der Waals surface area (Å²) in [6.07, 6.45) is 6.82. The number of allylic oxidation sites excluding steroid dienone is 1. The third-order valence-electron chi connectivity index (χ3n) is 3.22. The van der Waals surface area contributed by atoms with Crippen LogP contribution in [0.5, 0.6) is 0 Å². The first kappa shape index (κ1) is 14.8. The number of hydrogen-bond acceptors (Lipinski definition) is 2. The number of nitrogens with zero attached hydrogens (tertiary/aromatic N) is 2. The molecule has 0 unspecified atom stereocenters. The molecule has 0 aliphatic heterocycles. The Labute approximate surface area is 124 Å². The van der Waals surface area contributed by atoms with Crippen molar-refractivity contribution in [2.24, 2.45) is 0 Å². The SMILES string of the molecule is Cc1nn(C/C=C/c2ccccc2)c(C)c1/C=C/C(=O)O. The van der Waals surface area contributed by atoms with Crippen LogP contribution in [0.4, 0.5) is 0 Å². The quantitative estimate of drug-likeness (QED) is 0.856. The highest BCUT2D eigenvalue weighted by Crippen LogP contribution is 2.15. The van der Waals surface area contributed by atoms with Crippen LogP contribution in [0, 0.1) is 13.8 Å². The molecule has 0 bridgehead atoms. The third-order valence-corrected chi connectivity index (χ3v) is 3.22. The van der Waals surface area contributed by atoms with E-state index in [0.717, 1.165) is 28.6 Å². The molecular formula is C17H18N2O2. The van der Waals surface area contributed by atoms with Crippen molar-refractivity contribution in [2.45, 2.75) is 20.4 Å². The predicted molar refractivity (Wildman–Crippen MR) is 83.8 cm³/mol. The highest BCUT2D eigenvalue weighted by Gasteiger charge is 2.08. The lowest BCUT2D eigenvalue weighted by Crippen LogP contribution is -2.00. The number of benzene rings is 1. The molecule has 0 saturated carbocycles. The summed E-state index contributed by atoms with van der Waals surface area (Å²) in [5.41, 5.74) is 3.80. The second-order valence-electron chi connectivity index (χ2n) is 4.75. The van der Waals surface area contributed by atoms with Crippen molar-refractivity contribution in [1.29, 1.82) is 0 Å². The average molecular weight is 282 g/mol. The summed E-state index contributed by atoms with van der Waals surface area (Å²) in [6.45, 7) is 4.48. The normalized spacial score (nSPS) is 11.5. The zero-order chi connectivity index (χ0) is 15.2. The maximum atomic E-state index is 10.6. The second-order valence-corrected chi connectivity index (χ2v) is 4.75. The highest BCUT2D eigenvalue weighted by atomic mass is 16.4. The van der Waals surface area contributed by atoms with Crippen molar-refractivity contribution in [3.8, 4) is 0 Å². The van der Waals surface area contributed by atoms with Crippen molar-refractivity contribution in [3.05, 3.63) is 65.0 Å². The monoisotopic (exact) mass is 282 g/mol. The maximum absolute atomic E-state index is 10.6. The predicted octanol–water partition coefficient (Wildman–Crippen LogP) is 3.31. The van der Waals surface area contributed by atoms with Gasteiger partial charge in [-0.1, -0.05) is 42.5 Å². The van der Waals surface area contributed by atoms with Crippen molar-refractivity contribution in [3.63, 3.8) is 0 Å². The molecule has 0 spiro atoms. The molecule has 0 atom stereocenters. The minimum Gasteiger partial charge on any atom is -0.478 e. The van der Waals surface area contributed by atoms with Gasteiger partial charge in [0.1, 0.15) is 0 Å². The summed E-state index contributed by atoms with van der Waals surface area (Å²) in [5.74, 6) is -0.953. The summed E-state index contributed by atoms with van der Waals surface area (Å²) < 4.78 is 1.87. The molecule has 0 radical (unpaired) electrons. The number of aliphatic carboxylic acids is 1. The zero-order valence-electron chi connectivity index (χ0n) is 12.2. The van der Waals surface area contributed by atoms with Crippen molar-refractivity contribution >= 4 is 18.1 Å². The Morgan fingerprint density at radius 2 is 1.95 bits per heavy atom. The van der Waals surface area contributed by atoms with Gasteiger partial charge in [0.15, 0.2) is 0 Å². The van der Waals surface area contributed by atoms with E-state index in [-0.39, 0.29) is 0 Å². The van der Waals surface area contributed by atoms with E-state index < -0.39 is 5.97 Å². The molecular weight excluding hydrogens is 264 g/mol. The van der Waals surface area contributed by atoms with Crippen LogP contribution in [0.25, 0.3) is 12.2 Å². The highest BCUT2D eigenvalue weighted by molar-refractivity contribution is 5.85. The molecule has 1 aromatic heterocycles. The van der Waals surface area contributed by atoms with Crippen LogP contribution in [-0.4, -0.2) is 20.9 Å². The van der Waals surface area contributed by atoms with Crippen LogP contribution in [0.3, 0.4) is 0 Å². The summed E-state index contributed by atoms with van der Waals surface area (Å²) >= 11 is 0. The van der Waals surface area contributed by atoms with Gasteiger partial charge in [-0.15, -0.1) is 0 Å². The number of rotatable bonds is 5. The molecule has 1 heterocycles. The first-order valence-electron chi connectivity index (χ1n) is 6.74. The van der Waals surface area contributed by atoms with Gasteiger partial charge in [0.05, 0.1) is 12.2 Å². The zero-order valence-corrected chi connectivity index (χ0v) is 12.2. The maximum Gasteiger partial charge on any atom is 0.328 e. The molecule has 1 aromatic carbocycles. The summed E-state index contributed by atoms with van der Waals surface area (Å²) in [6, 6.07) is 10.1. The fourth-order valence-corrected chi connectivity index (χ4v) is 2.14. The first-order valence-corrected chi connectivity index (χ1v) is 6.74. The van der Waals surface area contributed by atoms with Crippen molar-refractivity contribution in [2.75, 3.05) is 0 Å². The molecule has 4 nitrogen and oxygen atoms in total. The second kappa shape index (κ2) is 6.70. The Kier molecular flexibility index (Phi) is 4.72. The van der Waals surface area contributed by atoms with E-state index in [1.807, 2.05) is 61.0 Å². The first-order chi connectivity index (χ1) is 10.1. The van der Waals surface area contributed by atoms with Crippen LogP contribution < -0.4 is 0 Å². The number of aryl methyl sites for hydroxylation is 1. The van der Waals surface area contributed by atoms with E-state index in [9.17, 15) is 4.79 Å². The van der Waals surface area contributed by atoms with Gasteiger partial charge in [-0.3, -0.25) is 4.68 Å². The number of carboxylic acids is 1. The van der Waals surface area contributed by atoms with Gasteiger partial charge in [0, 0.05) is 17.3 Å². The molecule has 4 heteroatoms. The third kappa shape index (κ3) is 3.92. The smallest absolute Gasteiger partial charge is 0.328 e. The Bertz CT molecular complexity index is 682. The van der Waals surface area contributed by atoms with Gasteiger partial charge in [-0.25, -0.2) is 4.79 Å². The van der Waals surface area contributed by atoms with E-state index in [1.54, 1.807) is 6.08 Å². The van der Waals surface area contributed by atoms with Gasteiger partial charge in [-0.05, 0) is 25.5 Å². The minimum absolute atomic E-state index is 0.655. The molecule has 0 aliphatic carbocycles. The van der Waals surface area contributed by atoms with Crippen molar-refractivity contribution < 1.29 is 9.90 Å². The van der Waals surface area contributed by atoms with Crippen molar-refractivity contribution in [1.82, 2.24) is 9.78 Å².